The first-order valence-corrected chi connectivity index (χ1v) is 6.12. The van der Waals surface area contributed by atoms with E-state index >= 15 is 0 Å². The van der Waals surface area contributed by atoms with Crippen molar-refractivity contribution in [3.63, 3.8) is 0 Å². The third kappa shape index (κ3) is 2.02. The van der Waals surface area contributed by atoms with Crippen molar-refractivity contribution in [1.29, 1.82) is 0 Å². The van der Waals surface area contributed by atoms with E-state index in [0.717, 1.165) is 23.1 Å². The second-order valence-electron chi connectivity index (χ2n) is 4.39. The van der Waals surface area contributed by atoms with Crippen LogP contribution in [0.2, 0.25) is 0 Å². The van der Waals surface area contributed by atoms with Crippen LogP contribution in [-0.4, -0.2) is 32.6 Å². The van der Waals surface area contributed by atoms with Crippen LogP contribution in [0.5, 0.6) is 0 Å². The van der Waals surface area contributed by atoms with Crippen LogP contribution < -0.4 is 0 Å². The Hall–Kier alpha value is -1.49. The maximum atomic E-state index is 11.7. The Balaban J connectivity index is 1.82. The summed E-state index contributed by atoms with van der Waals surface area (Å²) in [5, 5.41) is 0.179. The van der Waals surface area contributed by atoms with E-state index in [1.807, 2.05) is 23.1 Å². The molecule has 17 heavy (non-hydrogen) atoms. The summed E-state index contributed by atoms with van der Waals surface area (Å²) in [7, 11) is 0. The molecule has 3 rings (SSSR count). The lowest BCUT2D eigenvalue weighted by Gasteiger charge is -2.15. The van der Waals surface area contributed by atoms with E-state index in [4.69, 9.17) is 0 Å². The molecule has 2 heterocycles. The van der Waals surface area contributed by atoms with Gasteiger partial charge in [-0.05, 0) is 17.7 Å². The molecule has 1 aromatic heterocycles. The number of aromatic nitrogens is 2. The second-order valence-corrected chi connectivity index (χ2v) is 5.12. The minimum absolute atomic E-state index is 0.179. The van der Waals surface area contributed by atoms with Crippen LogP contribution >= 0.6 is 12.6 Å². The van der Waals surface area contributed by atoms with Gasteiger partial charge < -0.3 is 9.88 Å². The highest BCUT2D eigenvalue weighted by Crippen LogP contribution is 2.20. The number of carbonyl (C=O) groups excluding carboxylic acids is 1. The van der Waals surface area contributed by atoms with Crippen molar-refractivity contribution >= 4 is 29.6 Å². The van der Waals surface area contributed by atoms with E-state index in [-0.39, 0.29) is 11.2 Å². The maximum Gasteiger partial charge on any atom is 0.224 e. The molecule has 1 unspecified atom stereocenters. The first-order valence-electron chi connectivity index (χ1n) is 5.60. The van der Waals surface area contributed by atoms with Gasteiger partial charge in [-0.2, -0.15) is 12.6 Å². The lowest BCUT2D eigenvalue weighted by atomic mass is 10.2. The summed E-state index contributed by atoms with van der Waals surface area (Å²) in [6.07, 6.45) is 2.23. The van der Waals surface area contributed by atoms with Gasteiger partial charge in [-0.3, -0.25) is 4.79 Å². The number of amides is 1. The lowest BCUT2D eigenvalue weighted by molar-refractivity contribution is -0.128. The van der Waals surface area contributed by atoms with Gasteiger partial charge in [0.15, 0.2) is 0 Å². The van der Waals surface area contributed by atoms with Gasteiger partial charge in [-0.1, -0.05) is 6.07 Å². The number of likely N-dealkylation sites (tertiary alicyclic amines) is 1. The number of hydrogen-bond donors (Lipinski definition) is 2. The summed E-state index contributed by atoms with van der Waals surface area (Å²) in [5.41, 5.74) is 3.09. The summed E-state index contributed by atoms with van der Waals surface area (Å²) >= 11 is 4.35. The highest BCUT2D eigenvalue weighted by atomic mass is 32.1. The molecule has 1 N–H and O–H groups in total. The number of imidazole rings is 1. The number of fused-ring (bicyclic) bond motifs is 1. The van der Waals surface area contributed by atoms with E-state index in [2.05, 4.69) is 22.6 Å². The predicted molar refractivity (Wildman–Crippen MR) is 68.9 cm³/mol. The van der Waals surface area contributed by atoms with Gasteiger partial charge in [0.25, 0.3) is 0 Å². The number of thiol groups is 1. The van der Waals surface area contributed by atoms with E-state index < -0.39 is 0 Å². The zero-order chi connectivity index (χ0) is 11.8. The Morgan fingerprint density at radius 3 is 3.18 bits per heavy atom. The Morgan fingerprint density at radius 1 is 1.53 bits per heavy atom. The maximum absolute atomic E-state index is 11.7. The molecular formula is C12H13N3OS. The lowest BCUT2D eigenvalue weighted by Crippen LogP contribution is -2.24. The zero-order valence-electron chi connectivity index (χ0n) is 9.26. The molecule has 1 fully saturated rings. The minimum Gasteiger partial charge on any atom is -0.345 e. The van der Waals surface area contributed by atoms with E-state index in [0.29, 0.717) is 13.0 Å². The van der Waals surface area contributed by atoms with Crippen molar-refractivity contribution < 1.29 is 4.79 Å². The summed E-state index contributed by atoms with van der Waals surface area (Å²) < 4.78 is 0. The predicted octanol–water partition coefficient (Wildman–Crippen LogP) is 1.59. The van der Waals surface area contributed by atoms with Crippen molar-refractivity contribution in [3.8, 4) is 0 Å². The van der Waals surface area contributed by atoms with E-state index in [9.17, 15) is 4.79 Å². The minimum atomic E-state index is 0.179. The van der Waals surface area contributed by atoms with Gasteiger partial charge in [-0.25, -0.2) is 4.98 Å². The Bertz CT molecular complexity index is 566. The fourth-order valence-corrected chi connectivity index (χ4v) is 2.56. The summed E-state index contributed by atoms with van der Waals surface area (Å²) in [5.74, 6) is 0.190. The highest BCUT2D eigenvalue weighted by molar-refractivity contribution is 7.81. The van der Waals surface area contributed by atoms with Crippen LogP contribution in [0.25, 0.3) is 11.0 Å². The average Bonchev–Trinajstić information content (AvgIpc) is 2.85. The topological polar surface area (TPSA) is 49.0 Å². The van der Waals surface area contributed by atoms with Crippen molar-refractivity contribution in [2.45, 2.75) is 18.2 Å². The van der Waals surface area contributed by atoms with Gasteiger partial charge in [0.05, 0.1) is 17.4 Å². The van der Waals surface area contributed by atoms with Crippen LogP contribution in [0.4, 0.5) is 0 Å². The molecular weight excluding hydrogens is 234 g/mol. The molecule has 1 amide bonds. The first-order chi connectivity index (χ1) is 8.22. The Morgan fingerprint density at radius 2 is 2.41 bits per heavy atom. The molecule has 0 spiro atoms. The van der Waals surface area contributed by atoms with E-state index in [1.54, 1.807) is 6.33 Å². The van der Waals surface area contributed by atoms with Crippen molar-refractivity contribution in [2.75, 3.05) is 6.54 Å². The quantitative estimate of drug-likeness (QED) is 0.792. The number of hydrogen-bond acceptors (Lipinski definition) is 3. The summed E-state index contributed by atoms with van der Waals surface area (Å²) in [6.45, 7) is 1.40. The number of H-pyrrole nitrogens is 1. The second kappa shape index (κ2) is 4.07. The van der Waals surface area contributed by atoms with Gasteiger partial charge in [0, 0.05) is 24.8 Å². The third-order valence-corrected chi connectivity index (χ3v) is 3.40. The van der Waals surface area contributed by atoms with Crippen LogP contribution in [0, 0.1) is 0 Å². The summed E-state index contributed by atoms with van der Waals surface area (Å²) in [6, 6.07) is 6.03. The molecule has 2 aromatic rings. The Labute approximate surface area is 104 Å². The van der Waals surface area contributed by atoms with Crippen molar-refractivity contribution in [1.82, 2.24) is 14.9 Å². The molecule has 0 aliphatic carbocycles. The molecule has 1 aliphatic heterocycles. The van der Waals surface area contributed by atoms with Crippen LogP contribution in [0.1, 0.15) is 12.0 Å². The first kappa shape index (κ1) is 10.7. The number of nitrogens with one attached hydrogen (secondary N) is 1. The SMILES string of the molecule is O=C1CC(S)CN1Cc1ccc2nc[nH]c2c1. The number of benzene rings is 1. The van der Waals surface area contributed by atoms with Crippen molar-refractivity contribution in [3.05, 3.63) is 30.1 Å². The van der Waals surface area contributed by atoms with Crippen LogP contribution in [-0.2, 0) is 11.3 Å². The highest BCUT2D eigenvalue weighted by Gasteiger charge is 2.26. The smallest absolute Gasteiger partial charge is 0.224 e. The fraction of sp³-hybridized carbons (Fsp3) is 0.333. The standard InChI is InChI=1S/C12H13N3OS/c16-12-4-9(17)6-15(12)5-8-1-2-10-11(3-8)14-7-13-10/h1-3,7,9,17H,4-6H2,(H,13,14). The molecule has 5 heteroatoms. The fourth-order valence-electron chi connectivity index (χ4n) is 2.21. The molecule has 1 aliphatic rings. The van der Waals surface area contributed by atoms with Gasteiger partial charge >= 0.3 is 0 Å². The molecule has 88 valence electrons. The monoisotopic (exact) mass is 247 g/mol. The van der Waals surface area contributed by atoms with Gasteiger partial charge in [-0.15, -0.1) is 0 Å². The van der Waals surface area contributed by atoms with Crippen LogP contribution in [0.3, 0.4) is 0 Å². The molecule has 0 saturated carbocycles. The molecule has 1 atom stereocenters. The molecule has 1 saturated heterocycles. The van der Waals surface area contributed by atoms with E-state index in [1.165, 1.54) is 0 Å². The molecule has 4 nitrogen and oxygen atoms in total. The number of aromatic amines is 1. The molecule has 0 bridgehead atoms. The zero-order valence-corrected chi connectivity index (χ0v) is 10.2. The third-order valence-electron chi connectivity index (χ3n) is 3.05. The average molecular weight is 247 g/mol. The normalized spacial score (nSPS) is 20.4. The van der Waals surface area contributed by atoms with Gasteiger partial charge in [0.2, 0.25) is 5.91 Å². The largest absolute Gasteiger partial charge is 0.345 e. The van der Waals surface area contributed by atoms with Crippen LogP contribution in [0.15, 0.2) is 24.5 Å². The van der Waals surface area contributed by atoms with Gasteiger partial charge in [0.1, 0.15) is 0 Å². The number of carbonyl (C=O) groups is 1. The Kier molecular flexibility index (Phi) is 2.55. The van der Waals surface area contributed by atoms with Crippen molar-refractivity contribution in [2.24, 2.45) is 0 Å². The number of nitrogens with zero attached hydrogens (tertiary/aromatic N) is 2. The summed E-state index contributed by atoms with van der Waals surface area (Å²) in [4.78, 5) is 20.8. The number of rotatable bonds is 2. The molecule has 0 radical (unpaired) electrons. The molecule has 1 aromatic carbocycles.